The smallest absolute Gasteiger partial charge is 0.267 e. The lowest BCUT2D eigenvalue weighted by atomic mass is 10.2. The zero-order valence-electron chi connectivity index (χ0n) is 14.6. The number of amides is 1. The minimum Gasteiger partial charge on any atom is -0.493 e. The van der Waals surface area contributed by atoms with Crippen LogP contribution in [-0.4, -0.2) is 41.3 Å². The number of aromatic hydroxyl groups is 1. The Labute approximate surface area is 150 Å². The normalized spacial score (nSPS) is 15.1. The highest BCUT2D eigenvalue weighted by molar-refractivity contribution is 8.00. The second-order valence-corrected chi connectivity index (χ2v) is 7.23. The standard InChI is InChI=1S/C17H21N3O4S/c1-9(2)16(21)19-18-15-11-5-13(23-3)14(24-4)6-12(11)20(17(15)22)10-7-25-8-10/h5-6,9-10,22H,7-8H2,1-4H3. The summed E-state index contributed by atoms with van der Waals surface area (Å²) in [6.45, 7) is 3.51. The van der Waals surface area contributed by atoms with Crippen molar-refractivity contribution in [2.45, 2.75) is 19.9 Å². The molecule has 25 heavy (non-hydrogen) atoms. The van der Waals surface area contributed by atoms with E-state index in [9.17, 15) is 9.90 Å². The van der Waals surface area contributed by atoms with Gasteiger partial charge in [0.05, 0.1) is 25.8 Å². The maximum atomic E-state index is 11.8. The van der Waals surface area contributed by atoms with Crippen LogP contribution in [0.25, 0.3) is 10.9 Å². The van der Waals surface area contributed by atoms with Crippen LogP contribution in [0.3, 0.4) is 0 Å². The predicted octanol–water partition coefficient (Wildman–Crippen LogP) is 3.92. The molecule has 1 aromatic heterocycles. The zero-order chi connectivity index (χ0) is 18.1. The number of fused-ring (bicyclic) bond motifs is 1. The highest BCUT2D eigenvalue weighted by Crippen LogP contribution is 2.47. The maximum absolute atomic E-state index is 11.8. The van der Waals surface area contributed by atoms with Crippen LogP contribution in [0, 0.1) is 5.92 Å². The average molecular weight is 363 g/mol. The van der Waals surface area contributed by atoms with Gasteiger partial charge < -0.3 is 19.1 Å². The van der Waals surface area contributed by atoms with Crippen LogP contribution < -0.4 is 9.47 Å². The molecule has 1 amide bonds. The van der Waals surface area contributed by atoms with Gasteiger partial charge >= 0.3 is 0 Å². The molecule has 8 heteroatoms. The van der Waals surface area contributed by atoms with Crippen LogP contribution in [0.2, 0.25) is 0 Å². The Morgan fingerprint density at radius 1 is 1.28 bits per heavy atom. The molecule has 7 nitrogen and oxygen atoms in total. The van der Waals surface area contributed by atoms with Crippen molar-refractivity contribution in [1.29, 1.82) is 0 Å². The summed E-state index contributed by atoms with van der Waals surface area (Å²) >= 11 is 1.81. The summed E-state index contributed by atoms with van der Waals surface area (Å²) in [6.07, 6.45) is 0. The molecular formula is C17H21N3O4S. The molecule has 0 unspecified atom stereocenters. The number of nitrogens with zero attached hydrogens (tertiary/aromatic N) is 3. The van der Waals surface area contributed by atoms with Gasteiger partial charge in [-0.1, -0.05) is 13.8 Å². The summed E-state index contributed by atoms with van der Waals surface area (Å²) in [4.78, 5) is 11.8. The van der Waals surface area contributed by atoms with Crippen LogP contribution >= 0.6 is 11.8 Å². The summed E-state index contributed by atoms with van der Waals surface area (Å²) in [7, 11) is 3.12. The van der Waals surface area contributed by atoms with Crippen LogP contribution in [-0.2, 0) is 4.79 Å². The molecule has 134 valence electrons. The molecular weight excluding hydrogens is 342 g/mol. The van der Waals surface area contributed by atoms with Crippen molar-refractivity contribution in [2.75, 3.05) is 25.7 Å². The molecule has 1 N–H and O–H groups in total. The Morgan fingerprint density at radius 2 is 1.92 bits per heavy atom. The largest absolute Gasteiger partial charge is 0.493 e. The van der Waals surface area contributed by atoms with Crippen molar-refractivity contribution in [3.05, 3.63) is 12.1 Å². The second kappa shape index (κ2) is 6.95. The fourth-order valence-corrected chi connectivity index (χ4v) is 3.41. The van der Waals surface area contributed by atoms with Gasteiger partial charge in [-0.3, -0.25) is 4.79 Å². The lowest BCUT2D eigenvalue weighted by Crippen LogP contribution is -2.22. The predicted molar refractivity (Wildman–Crippen MR) is 97.4 cm³/mol. The summed E-state index contributed by atoms with van der Waals surface area (Å²) in [6, 6.07) is 3.75. The Balaban J connectivity index is 2.20. The number of methoxy groups -OCH3 is 2. The maximum Gasteiger partial charge on any atom is 0.267 e. The molecule has 1 aliphatic rings. The first-order valence-electron chi connectivity index (χ1n) is 8.00. The lowest BCUT2D eigenvalue weighted by molar-refractivity contribution is -0.121. The third kappa shape index (κ3) is 3.06. The average Bonchev–Trinajstić information content (AvgIpc) is 2.81. The number of aromatic nitrogens is 1. The quantitative estimate of drug-likeness (QED) is 0.814. The minimum atomic E-state index is -0.333. The van der Waals surface area contributed by atoms with Gasteiger partial charge in [0.25, 0.3) is 5.91 Å². The Morgan fingerprint density at radius 3 is 2.44 bits per heavy atom. The Bertz CT molecular complexity index is 840. The Kier molecular flexibility index (Phi) is 4.89. The van der Waals surface area contributed by atoms with Crippen molar-refractivity contribution in [3.63, 3.8) is 0 Å². The van der Waals surface area contributed by atoms with Crippen molar-refractivity contribution >= 4 is 34.3 Å². The van der Waals surface area contributed by atoms with Crippen LogP contribution in [0.4, 0.5) is 5.69 Å². The first kappa shape index (κ1) is 17.6. The molecule has 2 heterocycles. The topological polar surface area (TPSA) is 85.4 Å². The minimum absolute atomic E-state index is 0.0101. The van der Waals surface area contributed by atoms with Crippen LogP contribution in [0.1, 0.15) is 19.9 Å². The molecule has 1 saturated heterocycles. The van der Waals surface area contributed by atoms with E-state index in [0.29, 0.717) is 16.9 Å². The van der Waals surface area contributed by atoms with E-state index in [4.69, 9.17) is 9.47 Å². The van der Waals surface area contributed by atoms with E-state index < -0.39 is 0 Å². The van der Waals surface area contributed by atoms with Crippen LogP contribution in [0.5, 0.6) is 17.4 Å². The van der Waals surface area contributed by atoms with E-state index in [1.54, 1.807) is 34.1 Å². The molecule has 0 aliphatic carbocycles. The molecule has 0 atom stereocenters. The van der Waals surface area contributed by atoms with Gasteiger partial charge in [-0.15, -0.1) is 10.2 Å². The molecule has 0 saturated carbocycles. The van der Waals surface area contributed by atoms with Gasteiger partial charge in [-0.25, -0.2) is 0 Å². The number of hydrogen-bond acceptors (Lipinski definition) is 6. The van der Waals surface area contributed by atoms with E-state index in [1.165, 1.54) is 0 Å². The number of rotatable bonds is 5. The van der Waals surface area contributed by atoms with Crippen molar-refractivity contribution in [1.82, 2.24) is 4.57 Å². The molecule has 1 aliphatic heterocycles. The summed E-state index contributed by atoms with van der Waals surface area (Å²) in [5.74, 6) is 2.34. The van der Waals surface area contributed by atoms with Gasteiger partial charge in [0, 0.05) is 28.9 Å². The van der Waals surface area contributed by atoms with E-state index >= 15 is 0 Å². The molecule has 0 spiro atoms. The van der Waals surface area contributed by atoms with Crippen LogP contribution in [0.15, 0.2) is 22.4 Å². The Hall–Kier alpha value is -2.22. The molecule has 0 bridgehead atoms. The van der Waals surface area contributed by atoms with Gasteiger partial charge in [-0.05, 0) is 6.07 Å². The van der Waals surface area contributed by atoms with E-state index in [0.717, 1.165) is 17.0 Å². The lowest BCUT2D eigenvalue weighted by Gasteiger charge is -2.28. The first-order valence-corrected chi connectivity index (χ1v) is 9.15. The van der Waals surface area contributed by atoms with Gasteiger partial charge in [0.1, 0.15) is 0 Å². The van der Waals surface area contributed by atoms with Gasteiger partial charge in [0.2, 0.25) is 5.88 Å². The van der Waals surface area contributed by atoms with Gasteiger partial charge in [-0.2, -0.15) is 11.8 Å². The zero-order valence-corrected chi connectivity index (χ0v) is 15.5. The number of carbonyl (C=O) groups excluding carboxylic acids is 1. The summed E-state index contributed by atoms with van der Waals surface area (Å²) < 4.78 is 12.6. The third-order valence-electron chi connectivity index (χ3n) is 4.18. The number of carbonyl (C=O) groups is 1. The highest BCUT2D eigenvalue weighted by Gasteiger charge is 2.28. The number of benzene rings is 1. The molecule has 3 rings (SSSR count). The third-order valence-corrected chi connectivity index (χ3v) is 5.43. The van der Waals surface area contributed by atoms with E-state index in [1.807, 2.05) is 22.4 Å². The highest BCUT2D eigenvalue weighted by atomic mass is 32.2. The molecule has 1 aromatic carbocycles. The second-order valence-electron chi connectivity index (χ2n) is 6.15. The fourth-order valence-electron chi connectivity index (χ4n) is 2.66. The van der Waals surface area contributed by atoms with E-state index in [-0.39, 0.29) is 29.4 Å². The number of hydrogen-bond donors (Lipinski definition) is 1. The molecule has 2 aromatic rings. The monoisotopic (exact) mass is 363 g/mol. The number of ether oxygens (including phenoxy) is 2. The molecule has 0 radical (unpaired) electrons. The van der Waals surface area contributed by atoms with E-state index in [2.05, 4.69) is 10.2 Å². The van der Waals surface area contributed by atoms with Crippen molar-refractivity contribution in [3.8, 4) is 17.4 Å². The fraction of sp³-hybridized carbons (Fsp3) is 0.471. The van der Waals surface area contributed by atoms with Crippen molar-refractivity contribution in [2.24, 2.45) is 16.1 Å². The summed E-state index contributed by atoms with van der Waals surface area (Å²) in [5.41, 5.74) is 1.06. The van der Waals surface area contributed by atoms with Crippen molar-refractivity contribution < 1.29 is 19.4 Å². The summed E-state index contributed by atoms with van der Waals surface area (Å²) in [5, 5.41) is 19.2. The van der Waals surface area contributed by atoms with Gasteiger partial charge in [0.15, 0.2) is 17.2 Å². The first-order chi connectivity index (χ1) is 12.0. The molecule has 1 fully saturated rings. The number of azo groups is 1. The number of thioether (sulfide) groups is 1. The SMILES string of the molecule is COc1cc2c(N=NC(=O)C(C)C)c(O)n(C3CSC3)c2cc1OC.